The van der Waals surface area contributed by atoms with Gasteiger partial charge in [0.1, 0.15) is 17.4 Å². The van der Waals surface area contributed by atoms with Crippen molar-refractivity contribution in [2.24, 2.45) is 0 Å². The molecule has 2 rings (SSSR count). The zero-order valence-electron chi connectivity index (χ0n) is 11.2. The fraction of sp³-hybridized carbons (Fsp3) is 0.188. The van der Waals surface area contributed by atoms with Crippen LogP contribution in [0, 0.1) is 18.6 Å². The van der Waals surface area contributed by atoms with Crippen LogP contribution in [0.5, 0.6) is 5.75 Å². The fourth-order valence-corrected chi connectivity index (χ4v) is 2.02. The van der Waals surface area contributed by atoms with Gasteiger partial charge in [0.05, 0.1) is 12.7 Å². The molecule has 4 heteroatoms. The van der Waals surface area contributed by atoms with Gasteiger partial charge in [0, 0.05) is 12.5 Å². The molecule has 2 aromatic carbocycles. The van der Waals surface area contributed by atoms with Crippen LogP contribution in [0.2, 0.25) is 0 Å². The maximum atomic E-state index is 13.1. The maximum absolute atomic E-state index is 13.1. The summed E-state index contributed by atoms with van der Waals surface area (Å²) in [6, 6.07) is 8.29. The summed E-state index contributed by atoms with van der Waals surface area (Å²) >= 11 is 0. The quantitative estimate of drug-likeness (QED) is 0.796. The van der Waals surface area contributed by atoms with E-state index in [0.717, 1.165) is 23.8 Å². The number of ether oxygens (including phenoxy) is 1. The molecule has 0 N–H and O–H groups in total. The highest BCUT2D eigenvalue weighted by Gasteiger charge is 2.14. The van der Waals surface area contributed by atoms with Crippen molar-refractivity contribution in [3.8, 4) is 5.75 Å². The van der Waals surface area contributed by atoms with Crippen molar-refractivity contribution in [2.75, 3.05) is 7.11 Å². The lowest BCUT2D eigenvalue weighted by Gasteiger charge is -2.09. The zero-order chi connectivity index (χ0) is 14.7. The second kappa shape index (κ2) is 5.82. The number of methoxy groups -OCH3 is 1. The van der Waals surface area contributed by atoms with E-state index < -0.39 is 11.6 Å². The third-order valence-corrected chi connectivity index (χ3v) is 2.94. The van der Waals surface area contributed by atoms with Gasteiger partial charge in [-0.15, -0.1) is 0 Å². The Morgan fingerprint density at radius 2 is 1.75 bits per heavy atom. The van der Waals surface area contributed by atoms with Crippen LogP contribution >= 0.6 is 0 Å². The van der Waals surface area contributed by atoms with E-state index in [1.165, 1.54) is 7.11 Å². The molecule has 0 atom stereocenters. The van der Waals surface area contributed by atoms with Crippen molar-refractivity contribution in [3.63, 3.8) is 0 Å². The van der Waals surface area contributed by atoms with Crippen molar-refractivity contribution >= 4 is 5.78 Å². The zero-order valence-corrected chi connectivity index (χ0v) is 11.2. The van der Waals surface area contributed by atoms with Crippen LogP contribution in [0.4, 0.5) is 8.78 Å². The first kappa shape index (κ1) is 14.2. The molecule has 0 aliphatic heterocycles. The largest absolute Gasteiger partial charge is 0.496 e. The summed E-state index contributed by atoms with van der Waals surface area (Å²) in [5.41, 5.74) is 1.67. The second-order valence-electron chi connectivity index (χ2n) is 4.58. The van der Waals surface area contributed by atoms with E-state index in [-0.39, 0.29) is 12.2 Å². The lowest BCUT2D eigenvalue weighted by atomic mass is 10.0. The highest BCUT2D eigenvalue weighted by Crippen LogP contribution is 2.22. The Morgan fingerprint density at radius 1 is 1.10 bits per heavy atom. The number of aryl methyl sites for hydroxylation is 1. The van der Waals surface area contributed by atoms with Crippen LogP contribution in [-0.2, 0) is 6.42 Å². The number of carbonyl (C=O) groups excluding carboxylic acids is 1. The Kier molecular flexibility index (Phi) is 4.13. The SMILES string of the molecule is COc1cc(C)ccc1C(=O)Cc1cc(F)cc(F)c1. The van der Waals surface area contributed by atoms with Gasteiger partial charge in [0.15, 0.2) is 5.78 Å². The van der Waals surface area contributed by atoms with Gasteiger partial charge in [0.2, 0.25) is 0 Å². The van der Waals surface area contributed by atoms with Gasteiger partial charge in [-0.05, 0) is 42.3 Å². The molecule has 0 aliphatic carbocycles. The van der Waals surface area contributed by atoms with Crippen molar-refractivity contribution in [1.29, 1.82) is 0 Å². The number of hydrogen-bond acceptors (Lipinski definition) is 2. The first-order valence-electron chi connectivity index (χ1n) is 6.12. The average molecular weight is 276 g/mol. The Bertz CT molecular complexity index is 631. The summed E-state index contributed by atoms with van der Waals surface area (Å²) in [6.45, 7) is 1.89. The Labute approximate surface area is 116 Å². The van der Waals surface area contributed by atoms with Gasteiger partial charge in [-0.2, -0.15) is 0 Å². The minimum absolute atomic E-state index is 0.0753. The molecule has 2 aromatic rings. The van der Waals surface area contributed by atoms with E-state index >= 15 is 0 Å². The van der Waals surface area contributed by atoms with Crippen LogP contribution in [0.3, 0.4) is 0 Å². The minimum atomic E-state index is -0.691. The lowest BCUT2D eigenvalue weighted by molar-refractivity contribution is 0.0990. The average Bonchev–Trinajstić information content (AvgIpc) is 2.37. The number of Topliss-reactive ketones (excluding diaryl/α,β-unsaturated/α-hetero) is 1. The summed E-state index contributed by atoms with van der Waals surface area (Å²) in [4.78, 5) is 12.2. The third kappa shape index (κ3) is 3.20. The molecule has 0 fully saturated rings. The fourth-order valence-electron chi connectivity index (χ4n) is 2.02. The molecular weight excluding hydrogens is 262 g/mol. The normalized spacial score (nSPS) is 10.4. The molecule has 104 valence electrons. The third-order valence-electron chi connectivity index (χ3n) is 2.94. The topological polar surface area (TPSA) is 26.3 Å². The van der Waals surface area contributed by atoms with E-state index in [4.69, 9.17) is 4.74 Å². The summed E-state index contributed by atoms with van der Waals surface area (Å²) < 4.78 is 31.4. The number of carbonyl (C=O) groups is 1. The molecule has 0 unspecified atom stereocenters. The highest BCUT2D eigenvalue weighted by atomic mass is 19.1. The molecule has 0 spiro atoms. The first-order valence-corrected chi connectivity index (χ1v) is 6.12. The number of rotatable bonds is 4. The van der Waals surface area contributed by atoms with Crippen LogP contribution < -0.4 is 4.74 Å². The van der Waals surface area contributed by atoms with Gasteiger partial charge in [0.25, 0.3) is 0 Å². The molecule has 20 heavy (non-hydrogen) atoms. The molecule has 0 aliphatic rings. The number of benzene rings is 2. The van der Waals surface area contributed by atoms with E-state index in [1.807, 2.05) is 6.92 Å². The molecule has 2 nitrogen and oxygen atoms in total. The van der Waals surface area contributed by atoms with E-state index in [2.05, 4.69) is 0 Å². The van der Waals surface area contributed by atoms with Crippen molar-refractivity contribution < 1.29 is 18.3 Å². The molecule has 0 bridgehead atoms. The monoisotopic (exact) mass is 276 g/mol. The summed E-state index contributed by atoms with van der Waals surface area (Å²) in [7, 11) is 1.48. The van der Waals surface area contributed by atoms with Gasteiger partial charge >= 0.3 is 0 Å². The second-order valence-corrected chi connectivity index (χ2v) is 4.58. The van der Waals surface area contributed by atoms with E-state index in [9.17, 15) is 13.6 Å². The maximum Gasteiger partial charge on any atom is 0.170 e. The molecule has 0 amide bonds. The summed E-state index contributed by atoms with van der Waals surface area (Å²) in [5, 5.41) is 0. The molecule has 0 saturated carbocycles. The predicted octanol–water partition coefficient (Wildman–Crippen LogP) is 3.71. The molecular formula is C16H14F2O2. The Hall–Kier alpha value is -2.23. The van der Waals surface area contributed by atoms with Crippen LogP contribution in [0.25, 0.3) is 0 Å². The summed E-state index contributed by atoms with van der Waals surface area (Å²) in [5.74, 6) is -1.16. The molecule has 0 radical (unpaired) electrons. The molecule has 0 saturated heterocycles. The van der Waals surface area contributed by atoms with Crippen LogP contribution in [0.15, 0.2) is 36.4 Å². The van der Waals surface area contributed by atoms with E-state index in [0.29, 0.717) is 16.9 Å². The van der Waals surface area contributed by atoms with Crippen molar-refractivity contribution in [1.82, 2.24) is 0 Å². The van der Waals surface area contributed by atoms with Crippen LogP contribution in [-0.4, -0.2) is 12.9 Å². The first-order chi connectivity index (χ1) is 9.49. The van der Waals surface area contributed by atoms with Crippen LogP contribution in [0.1, 0.15) is 21.5 Å². The Balaban J connectivity index is 2.28. The number of halogens is 2. The van der Waals surface area contributed by atoms with Gasteiger partial charge < -0.3 is 4.74 Å². The minimum Gasteiger partial charge on any atom is -0.496 e. The van der Waals surface area contributed by atoms with Crippen molar-refractivity contribution in [2.45, 2.75) is 13.3 Å². The van der Waals surface area contributed by atoms with Gasteiger partial charge in [-0.25, -0.2) is 8.78 Å². The Morgan fingerprint density at radius 3 is 2.35 bits per heavy atom. The van der Waals surface area contributed by atoms with Gasteiger partial charge in [-0.1, -0.05) is 6.07 Å². The standard InChI is InChI=1S/C16H14F2O2/c1-10-3-4-14(16(5-10)20-2)15(19)8-11-6-12(17)9-13(18)7-11/h3-7,9H,8H2,1-2H3. The number of ketones is 1. The molecule has 0 heterocycles. The van der Waals surface area contributed by atoms with Crippen molar-refractivity contribution in [3.05, 3.63) is 64.7 Å². The lowest BCUT2D eigenvalue weighted by Crippen LogP contribution is -2.06. The highest BCUT2D eigenvalue weighted by molar-refractivity contribution is 6.00. The summed E-state index contributed by atoms with van der Waals surface area (Å²) in [6.07, 6.45) is -0.0753. The predicted molar refractivity (Wildman–Crippen MR) is 72.1 cm³/mol. The van der Waals surface area contributed by atoms with Gasteiger partial charge in [-0.3, -0.25) is 4.79 Å². The number of hydrogen-bond donors (Lipinski definition) is 0. The molecule has 0 aromatic heterocycles. The van der Waals surface area contributed by atoms with E-state index in [1.54, 1.807) is 18.2 Å². The smallest absolute Gasteiger partial charge is 0.170 e.